The quantitative estimate of drug-likeness (QED) is 0.343. The number of rotatable bonds is 2. The fourth-order valence-electron chi connectivity index (χ4n) is 5.51. The smallest absolute Gasteiger partial charge is 0.0623 e. The molecule has 152 valence electrons. The summed E-state index contributed by atoms with van der Waals surface area (Å²) in [5, 5.41) is 5.80. The van der Waals surface area contributed by atoms with E-state index in [4.69, 9.17) is 0 Å². The molecule has 0 nitrogen and oxygen atoms in total. The molecule has 0 fully saturated rings. The van der Waals surface area contributed by atoms with Crippen LogP contribution < -0.4 is 20.7 Å². The highest BCUT2D eigenvalue weighted by atomic mass is 28.3. The fourth-order valence-corrected chi connectivity index (χ4v) is 10.8. The molecule has 0 aromatic heterocycles. The molecule has 0 saturated carbocycles. The highest BCUT2D eigenvalue weighted by molar-refractivity contribution is 7.21. The Labute approximate surface area is 190 Å². The molecule has 5 aromatic carbocycles. The summed E-state index contributed by atoms with van der Waals surface area (Å²) in [6.07, 6.45) is 0. The number of aryl methyl sites for hydroxylation is 1. The summed E-state index contributed by atoms with van der Waals surface area (Å²) in [6.45, 7) is 2.22. The van der Waals surface area contributed by atoms with Crippen molar-refractivity contribution in [3.8, 4) is 22.3 Å². The van der Waals surface area contributed by atoms with E-state index >= 15 is 0 Å². The van der Waals surface area contributed by atoms with Crippen LogP contribution in [0, 0.1) is 6.92 Å². The molecule has 0 aliphatic carbocycles. The molecule has 0 atom stereocenters. The Hall–Kier alpha value is -3.68. The van der Waals surface area contributed by atoms with E-state index in [9.17, 15) is 0 Å². The van der Waals surface area contributed by atoms with Gasteiger partial charge in [-0.1, -0.05) is 133 Å². The monoisotopic (exact) mass is 424 g/mol. The highest BCUT2D eigenvalue weighted by Crippen LogP contribution is 2.35. The fraction of sp³-hybridized carbons (Fsp3) is 0.0323. The zero-order chi connectivity index (χ0) is 21.5. The first-order chi connectivity index (χ1) is 15.8. The van der Waals surface area contributed by atoms with Gasteiger partial charge in [0.05, 0.1) is 0 Å². The summed E-state index contributed by atoms with van der Waals surface area (Å²) in [7, 11) is -2.56. The van der Waals surface area contributed by atoms with Crippen LogP contribution in [0.5, 0.6) is 0 Å². The number of hydrogen-bond acceptors (Lipinski definition) is 0. The zero-order valence-corrected chi connectivity index (χ0v) is 19.1. The summed E-state index contributed by atoms with van der Waals surface area (Å²) in [6, 6.07) is 47.5. The maximum absolute atomic E-state index is 2.56. The maximum atomic E-state index is 2.46. The van der Waals surface area contributed by atoms with Gasteiger partial charge in [-0.15, -0.1) is 0 Å². The lowest BCUT2D eigenvalue weighted by molar-refractivity contribution is 1.49. The van der Waals surface area contributed by atoms with Crippen molar-refractivity contribution in [1.29, 1.82) is 0 Å². The molecule has 0 bridgehead atoms. The van der Waals surface area contributed by atoms with Crippen LogP contribution in [0.1, 0.15) is 5.56 Å². The first-order valence-corrected chi connectivity index (χ1v) is 13.2. The third-order valence-electron chi connectivity index (χ3n) is 6.83. The molecule has 0 spiro atoms. The lowest BCUT2D eigenvalue weighted by atomic mass is 9.94. The summed E-state index contributed by atoms with van der Waals surface area (Å²) < 4.78 is 0. The molecule has 0 amide bonds. The van der Waals surface area contributed by atoms with Crippen molar-refractivity contribution in [2.24, 2.45) is 0 Å². The molecular formula is C31H24Si. The average molecular weight is 425 g/mol. The molecule has 0 N–H and O–H groups in total. The molecule has 1 heteroatoms. The summed E-state index contributed by atoms with van der Waals surface area (Å²) >= 11 is 0. The highest BCUT2D eigenvalue weighted by Gasteiger charge is 2.46. The number of fused-ring (bicyclic) bond motifs is 5. The summed E-state index contributed by atoms with van der Waals surface area (Å²) in [5.41, 5.74) is 6.69. The van der Waals surface area contributed by atoms with E-state index in [1.165, 1.54) is 48.6 Å². The van der Waals surface area contributed by atoms with Crippen LogP contribution in [-0.2, 0) is 0 Å². The Morgan fingerprint density at radius 1 is 0.406 bits per heavy atom. The zero-order valence-electron chi connectivity index (χ0n) is 18.1. The Bertz CT molecular complexity index is 1380. The van der Waals surface area contributed by atoms with E-state index in [-0.39, 0.29) is 0 Å². The van der Waals surface area contributed by atoms with Crippen molar-refractivity contribution in [1.82, 2.24) is 0 Å². The molecule has 6 rings (SSSR count). The van der Waals surface area contributed by atoms with E-state index in [2.05, 4.69) is 134 Å². The van der Waals surface area contributed by atoms with Crippen molar-refractivity contribution < 1.29 is 0 Å². The van der Waals surface area contributed by atoms with Crippen molar-refractivity contribution in [2.45, 2.75) is 6.92 Å². The minimum absolute atomic E-state index is 1.31. The third kappa shape index (κ3) is 2.68. The van der Waals surface area contributed by atoms with Crippen LogP contribution in [0.15, 0.2) is 127 Å². The van der Waals surface area contributed by atoms with Crippen LogP contribution in [0.2, 0.25) is 0 Å². The lowest BCUT2D eigenvalue weighted by Gasteiger charge is -2.36. The minimum Gasteiger partial charge on any atom is -0.0623 e. The van der Waals surface area contributed by atoms with Crippen molar-refractivity contribution in [3.63, 3.8) is 0 Å². The van der Waals surface area contributed by atoms with Gasteiger partial charge in [0.1, 0.15) is 0 Å². The van der Waals surface area contributed by atoms with Crippen LogP contribution in [0.4, 0.5) is 0 Å². The maximum Gasteiger partial charge on any atom is 0.180 e. The Kier molecular flexibility index (Phi) is 4.45. The molecular weight excluding hydrogens is 400 g/mol. The van der Waals surface area contributed by atoms with Crippen LogP contribution in [0.25, 0.3) is 22.3 Å². The van der Waals surface area contributed by atoms with Crippen LogP contribution in [-0.4, -0.2) is 8.07 Å². The second-order valence-electron chi connectivity index (χ2n) is 8.62. The first kappa shape index (κ1) is 19.0. The molecule has 0 radical (unpaired) electrons. The summed E-state index contributed by atoms with van der Waals surface area (Å²) in [4.78, 5) is 0. The molecule has 1 aliphatic rings. The van der Waals surface area contributed by atoms with Gasteiger partial charge in [-0.05, 0) is 49.9 Å². The third-order valence-corrected chi connectivity index (χ3v) is 11.7. The minimum atomic E-state index is -2.56. The Balaban J connectivity index is 1.90. The number of hydrogen-bond donors (Lipinski definition) is 0. The van der Waals surface area contributed by atoms with Gasteiger partial charge in [0, 0.05) is 0 Å². The summed E-state index contributed by atoms with van der Waals surface area (Å²) in [5.74, 6) is 0. The molecule has 0 unspecified atom stereocenters. The second-order valence-corrected chi connectivity index (χ2v) is 12.4. The SMILES string of the molecule is Cc1ccc2c(c1)[Si](c1ccccc1)(c1ccccc1)c1ccccc1-c1ccccc1-2. The molecule has 1 aliphatic heterocycles. The van der Waals surface area contributed by atoms with Gasteiger partial charge in [-0.3, -0.25) is 0 Å². The van der Waals surface area contributed by atoms with E-state index in [0.717, 1.165) is 0 Å². The molecule has 0 saturated heterocycles. The number of benzene rings is 5. The first-order valence-electron chi connectivity index (χ1n) is 11.2. The van der Waals surface area contributed by atoms with E-state index in [0.29, 0.717) is 0 Å². The van der Waals surface area contributed by atoms with Crippen molar-refractivity contribution in [2.75, 3.05) is 0 Å². The largest absolute Gasteiger partial charge is 0.180 e. The van der Waals surface area contributed by atoms with Crippen LogP contribution in [0.3, 0.4) is 0 Å². The molecule has 1 heterocycles. The van der Waals surface area contributed by atoms with Gasteiger partial charge in [-0.2, -0.15) is 0 Å². The van der Waals surface area contributed by atoms with Gasteiger partial charge in [0.25, 0.3) is 0 Å². The van der Waals surface area contributed by atoms with Crippen molar-refractivity contribution in [3.05, 3.63) is 133 Å². The van der Waals surface area contributed by atoms with Crippen LogP contribution >= 0.6 is 0 Å². The van der Waals surface area contributed by atoms with Gasteiger partial charge < -0.3 is 0 Å². The average Bonchev–Trinajstić information content (AvgIpc) is 2.96. The topological polar surface area (TPSA) is 0 Å². The van der Waals surface area contributed by atoms with Gasteiger partial charge >= 0.3 is 0 Å². The van der Waals surface area contributed by atoms with E-state index < -0.39 is 8.07 Å². The molecule has 32 heavy (non-hydrogen) atoms. The second kappa shape index (κ2) is 7.47. The van der Waals surface area contributed by atoms with Gasteiger partial charge in [0.15, 0.2) is 8.07 Å². The normalized spacial score (nSPS) is 13.4. The molecule has 5 aromatic rings. The van der Waals surface area contributed by atoms with Gasteiger partial charge in [0.2, 0.25) is 0 Å². The lowest BCUT2D eigenvalue weighted by Crippen LogP contribution is -2.75. The standard InChI is InChI=1S/C31H24Si/c1-23-20-21-29-27-17-9-8-16-26(27)28-18-10-11-19-30(28)32(31(29)22-23,24-12-4-2-5-13-24)25-14-6-3-7-15-25/h2-22H,1H3. The Morgan fingerprint density at radius 2 is 0.875 bits per heavy atom. The Morgan fingerprint density at radius 3 is 1.47 bits per heavy atom. The van der Waals surface area contributed by atoms with Crippen molar-refractivity contribution >= 4 is 28.8 Å². The predicted molar refractivity (Wildman–Crippen MR) is 139 cm³/mol. The van der Waals surface area contributed by atoms with Gasteiger partial charge in [-0.25, -0.2) is 0 Å². The van der Waals surface area contributed by atoms with E-state index in [1.807, 2.05) is 0 Å². The predicted octanol–water partition coefficient (Wildman–Crippen LogP) is 5.02. The van der Waals surface area contributed by atoms with E-state index in [1.54, 1.807) is 0 Å².